The molecule has 1 atom stereocenters. The number of rotatable bonds is 8. The van der Waals surface area contributed by atoms with E-state index in [1.807, 2.05) is 13.8 Å². The number of pyridine rings is 1. The Kier molecular flexibility index (Phi) is 8.24. The molecule has 4 heterocycles. The zero-order valence-electron chi connectivity index (χ0n) is 25.6. The number of nitrogens with one attached hydrogen (secondary N) is 1. The van der Waals surface area contributed by atoms with Gasteiger partial charge in [0.2, 0.25) is 0 Å². The third-order valence-electron chi connectivity index (χ3n) is 8.22. The molecule has 9 nitrogen and oxygen atoms in total. The molecule has 0 saturated carbocycles. The van der Waals surface area contributed by atoms with Crippen LogP contribution in [0.3, 0.4) is 0 Å². The number of hydrogen-bond acceptors (Lipinski definition) is 7. The third kappa shape index (κ3) is 6.17. The van der Waals surface area contributed by atoms with E-state index < -0.39 is 23.8 Å². The van der Waals surface area contributed by atoms with Crippen molar-refractivity contribution in [2.75, 3.05) is 29.9 Å². The highest BCUT2D eigenvalue weighted by Gasteiger charge is 2.41. The normalized spacial score (nSPS) is 16.7. The predicted octanol–water partition coefficient (Wildman–Crippen LogP) is 6.21. The van der Waals surface area contributed by atoms with Crippen LogP contribution in [0.15, 0.2) is 48.8 Å². The highest BCUT2D eigenvalue weighted by molar-refractivity contribution is 6.10. The van der Waals surface area contributed by atoms with Crippen LogP contribution in [-0.4, -0.2) is 56.4 Å². The van der Waals surface area contributed by atoms with Crippen molar-refractivity contribution in [2.24, 2.45) is 13.0 Å². The largest absolute Gasteiger partial charge is 0.416 e. The van der Waals surface area contributed by atoms with Crippen LogP contribution in [-0.2, 0) is 26.3 Å². The van der Waals surface area contributed by atoms with E-state index in [1.165, 1.54) is 11.0 Å². The van der Waals surface area contributed by atoms with E-state index in [4.69, 9.17) is 0 Å². The molecule has 2 aromatic carbocycles. The van der Waals surface area contributed by atoms with Crippen LogP contribution >= 0.6 is 0 Å². The quantitative estimate of drug-likeness (QED) is 0.231. The minimum atomic E-state index is -4.70. The summed E-state index contributed by atoms with van der Waals surface area (Å²) < 4.78 is 58.7. The molecule has 13 heteroatoms. The molecule has 0 aliphatic carbocycles. The monoisotopic (exact) mass is 632 g/mol. The first-order valence-corrected chi connectivity index (χ1v) is 15.0. The third-order valence-corrected chi connectivity index (χ3v) is 8.22. The molecule has 1 amide bonds. The van der Waals surface area contributed by atoms with Gasteiger partial charge < -0.3 is 9.88 Å². The summed E-state index contributed by atoms with van der Waals surface area (Å²) >= 11 is 0. The van der Waals surface area contributed by atoms with Crippen LogP contribution < -0.4 is 10.2 Å². The van der Waals surface area contributed by atoms with Crippen molar-refractivity contribution < 1.29 is 22.4 Å². The number of halogens is 4. The number of anilines is 2. The number of carbonyl (C=O) groups excluding carboxylic acids is 1. The van der Waals surface area contributed by atoms with Gasteiger partial charge in [0.15, 0.2) is 5.82 Å². The Labute approximate surface area is 263 Å². The first-order valence-electron chi connectivity index (χ1n) is 15.0. The van der Waals surface area contributed by atoms with Gasteiger partial charge in [0, 0.05) is 44.4 Å². The Morgan fingerprint density at radius 3 is 2.57 bits per heavy atom. The number of nitrogens with zero attached hydrogens (tertiary/aromatic N) is 7. The molecule has 1 saturated heterocycles. The highest BCUT2D eigenvalue weighted by Crippen LogP contribution is 2.41. The van der Waals surface area contributed by atoms with Gasteiger partial charge in [0.1, 0.15) is 24.1 Å². The van der Waals surface area contributed by atoms with E-state index in [1.54, 1.807) is 53.2 Å². The van der Waals surface area contributed by atoms with Gasteiger partial charge in [0.25, 0.3) is 5.91 Å². The summed E-state index contributed by atoms with van der Waals surface area (Å²) in [5.74, 6) is 0.761. The van der Waals surface area contributed by atoms with Gasteiger partial charge in [-0.25, -0.2) is 9.37 Å². The zero-order valence-corrected chi connectivity index (χ0v) is 25.6. The van der Waals surface area contributed by atoms with Gasteiger partial charge in [-0.1, -0.05) is 13.8 Å². The highest BCUT2D eigenvalue weighted by atomic mass is 19.4. The number of amides is 1. The number of hydrogen-bond donors (Lipinski definition) is 1. The van der Waals surface area contributed by atoms with E-state index in [2.05, 4.69) is 26.6 Å². The average molecular weight is 633 g/mol. The second kappa shape index (κ2) is 12.2. The van der Waals surface area contributed by atoms with Gasteiger partial charge in [-0.3, -0.25) is 14.6 Å². The lowest BCUT2D eigenvalue weighted by Crippen LogP contribution is -2.25. The van der Waals surface area contributed by atoms with Crippen LogP contribution in [0.1, 0.15) is 52.9 Å². The maximum absolute atomic E-state index is 14.4. The summed E-state index contributed by atoms with van der Waals surface area (Å²) in [4.78, 5) is 21.6. The molecule has 46 heavy (non-hydrogen) atoms. The van der Waals surface area contributed by atoms with Crippen LogP contribution in [0.2, 0.25) is 0 Å². The summed E-state index contributed by atoms with van der Waals surface area (Å²) in [5, 5.41) is 21.2. The molecular weight excluding hydrogens is 600 g/mol. The summed E-state index contributed by atoms with van der Waals surface area (Å²) in [5.41, 5.74) is 1.51. The second-order valence-corrected chi connectivity index (χ2v) is 12.2. The molecule has 2 aliphatic rings. The van der Waals surface area contributed by atoms with E-state index in [9.17, 15) is 27.6 Å². The SMILES string of the molecule is CC(C)CNc1cc(-c2cc(C#N)ccc2-c2nncn2C)cc(N2Cc3c(cc(CN4CC[C@@H](F)C4)cc3C(F)(F)F)C2=O)n1. The molecule has 2 aromatic heterocycles. The molecule has 2 aliphatic heterocycles. The van der Waals surface area contributed by atoms with Crippen molar-refractivity contribution in [2.45, 2.75) is 45.7 Å². The van der Waals surface area contributed by atoms with E-state index in [0.717, 1.165) is 6.07 Å². The standard InChI is InChI=1S/C33H32F4N8O/c1-19(2)14-39-29-11-22(25-8-20(13-38)4-5-24(25)31-42-40-18-43(31)3)12-30(41-29)45-17-27-26(32(45)46)9-21(10-28(27)33(35,36)37)15-44-7-6-23(34)16-44/h4-5,8-12,18-19,23H,6-7,14-17H2,1-3H3,(H,39,41)/t23-/m1/s1. The fourth-order valence-corrected chi connectivity index (χ4v) is 5.97. The Hall–Kier alpha value is -4.83. The first-order chi connectivity index (χ1) is 21.9. The van der Waals surface area contributed by atoms with Crippen molar-refractivity contribution in [1.29, 1.82) is 5.26 Å². The van der Waals surface area contributed by atoms with Crippen LogP contribution in [0.5, 0.6) is 0 Å². The van der Waals surface area contributed by atoms with Crippen molar-refractivity contribution in [3.8, 4) is 28.6 Å². The molecule has 0 radical (unpaired) electrons. The molecule has 1 N–H and O–H groups in total. The minimum Gasteiger partial charge on any atom is -0.370 e. The average Bonchev–Trinajstić information content (AvgIpc) is 3.73. The lowest BCUT2D eigenvalue weighted by Gasteiger charge is -2.20. The number of aryl methyl sites for hydroxylation is 1. The van der Waals surface area contributed by atoms with Crippen molar-refractivity contribution in [1.82, 2.24) is 24.6 Å². The smallest absolute Gasteiger partial charge is 0.370 e. The molecule has 6 rings (SSSR count). The van der Waals surface area contributed by atoms with E-state index >= 15 is 0 Å². The Morgan fingerprint density at radius 1 is 1.11 bits per heavy atom. The number of nitriles is 1. The first kappa shape index (κ1) is 31.2. The Bertz CT molecular complexity index is 1840. The lowest BCUT2D eigenvalue weighted by molar-refractivity contribution is -0.138. The fourth-order valence-electron chi connectivity index (χ4n) is 5.97. The molecule has 238 valence electrons. The number of carbonyl (C=O) groups is 1. The van der Waals surface area contributed by atoms with Gasteiger partial charge in [-0.15, -0.1) is 10.2 Å². The Balaban J connectivity index is 1.45. The molecule has 4 aromatic rings. The minimum absolute atomic E-state index is 0.0454. The van der Waals surface area contributed by atoms with Crippen LogP contribution in [0.4, 0.5) is 29.2 Å². The summed E-state index contributed by atoms with van der Waals surface area (Å²) in [6.07, 6.45) is -3.84. The zero-order chi connectivity index (χ0) is 32.7. The fraction of sp³-hybridized carbons (Fsp3) is 0.364. The van der Waals surface area contributed by atoms with Gasteiger partial charge >= 0.3 is 6.18 Å². The molecule has 0 bridgehead atoms. The van der Waals surface area contributed by atoms with Crippen molar-refractivity contribution >= 4 is 17.5 Å². The topological polar surface area (TPSA) is 103 Å². The van der Waals surface area contributed by atoms with E-state index in [-0.39, 0.29) is 42.5 Å². The number of likely N-dealkylation sites (tertiary alicyclic amines) is 1. The van der Waals surface area contributed by atoms with Crippen molar-refractivity contribution in [3.63, 3.8) is 0 Å². The number of fused-ring (bicyclic) bond motifs is 1. The number of aromatic nitrogens is 4. The second-order valence-electron chi connectivity index (χ2n) is 12.2. The summed E-state index contributed by atoms with van der Waals surface area (Å²) in [6.45, 7) is 4.96. The molecular formula is C33H32F4N8O. The van der Waals surface area contributed by atoms with Gasteiger partial charge in [0.05, 0.1) is 23.7 Å². The van der Waals surface area contributed by atoms with Crippen LogP contribution in [0.25, 0.3) is 22.5 Å². The maximum atomic E-state index is 14.4. The Morgan fingerprint density at radius 2 is 1.91 bits per heavy atom. The molecule has 0 unspecified atom stereocenters. The number of alkyl halides is 4. The molecule has 1 fully saturated rings. The summed E-state index contributed by atoms with van der Waals surface area (Å²) in [6, 6.07) is 13.3. The van der Waals surface area contributed by atoms with Gasteiger partial charge in [-0.2, -0.15) is 18.4 Å². The lowest BCUT2D eigenvalue weighted by atomic mass is 9.97. The van der Waals surface area contributed by atoms with Crippen LogP contribution in [0, 0.1) is 17.2 Å². The predicted molar refractivity (Wildman–Crippen MR) is 164 cm³/mol. The maximum Gasteiger partial charge on any atom is 0.416 e. The number of benzene rings is 2. The molecule has 0 spiro atoms. The summed E-state index contributed by atoms with van der Waals surface area (Å²) in [7, 11) is 1.79. The van der Waals surface area contributed by atoms with Gasteiger partial charge in [-0.05, 0) is 77.1 Å². The van der Waals surface area contributed by atoms with Crippen molar-refractivity contribution in [3.05, 3.63) is 76.6 Å². The van der Waals surface area contributed by atoms with E-state index in [0.29, 0.717) is 59.0 Å².